The Hall–Kier alpha value is -2.18. The number of esters is 1. The minimum absolute atomic E-state index is 0.0624. The van der Waals surface area contributed by atoms with Gasteiger partial charge in [0.05, 0.1) is 23.7 Å². The number of nitrogens with one attached hydrogen (secondary N) is 1. The highest BCUT2D eigenvalue weighted by atomic mass is 32.1. The van der Waals surface area contributed by atoms with E-state index in [-0.39, 0.29) is 11.9 Å². The third-order valence-electron chi connectivity index (χ3n) is 4.35. The Kier molecular flexibility index (Phi) is 4.97. The van der Waals surface area contributed by atoms with E-state index < -0.39 is 5.97 Å². The van der Waals surface area contributed by atoms with E-state index in [1.165, 1.54) is 29.6 Å². The van der Waals surface area contributed by atoms with E-state index in [4.69, 9.17) is 0 Å². The minimum Gasteiger partial charge on any atom is -0.465 e. The van der Waals surface area contributed by atoms with Crippen LogP contribution in [-0.4, -0.2) is 36.5 Å². The summed E-state index contributed by atoms with van der Waals surface area (Å²) >= 11 is 1.32. The molecule has 24 heavy (non-hydrogen) atoms. The number of carbonyl (C=O) groups is 2. The molecular formula is C18H20N2O3S. The predicted octanol–water partition coefficient (Wildman–Crippen LogP) is 2.92. The van der Waals surface area contributed by atoms with Crippen LogP contribution in [0.25, 0.3) is 0 Å². The summed E-state index contributed by atoms with van der Waals surface area (Å²) in [7, 11) is 1.34. The zero-order valence-electron chi connectivity index (χ0n) is 13.7. The fourth-order valence-electron chi connectivity index (χ4n) is 2.87. The zero-order chi connectivity index (χ0) is 17.1. The molecule has 3 rings (SSSR count). The van der Waals surface area contributed by atoms with Gasteiger partial charge in [-0.2, -0.15) is 0 Å². The van der Waals surface area contributed by atoms with E-state index in [1.54, 1.807) is 11.4 Å². The number of benzene rings is 1. The molecule has 0 bridgehead atoms. The van der Waals surface area contributed by atoms with Crippen molar-refractivity contribution in [2.24, 2.45) is 0 Å². The standard InChI is InChI=1S/C18H20N2O3S/c1-12(20-8-7-13-5-3-4-6-14(13)10-20)17(21)19-16-9-15(11-24-16)18(22)23-2/h3-6,9,11-12H,7-8,10H2,1-2H3,(H,19,21). The maximum absolute atomic E-state index is 12.5. The van der Waals surface area contributed by atoms with Gasteiger partial charge in [0, 0.05) is 18.5 Å². The van der Waals surface area contributed by atoms with Gasteiger partial charge in [-0.1, -0.05) is 24.3 Å². The predicted molar refractivity (Wildman–Crippen MR) is 94.3 cm³/mol. The first-order valence-electron chi connectivity index (χ1n) is 7.87. The molecule has 1 aromatic heterocycles. The highest BCUT2D eigenvalue weighted by Gasteiger charge is 2.25. The van der Waals surface area contributed by atoms with E-state index in [9.17, 15) is 9.59 Å². The molecule has 1 unspecified atom stereocenters. The van der Waals surface area contributed by atoms with Gasteiger partial charge in [-0.3, -0.25) is 9.69 Å². The summed E-state index contributed by atoms with van der Waals surface area (Å²) in [5.74, 6) is -0.458. The number of methoxy groups -OCH3 is 1. The average Bonchev–Trinajstić information content (AvgIpc) is 3.08. The van der Waals surface area contributed by atoms with E-state index in [0.29, 0.717) is 10.6 Å². The molecule has 1 N–H and O–H groups in total. The molecular weight excluding hydrogens is 324 g/mol. The third-order valence-corrected chi connectivity index (χ3v) is 5.20. The molecule has 1 atom stereocenters. The third kappa shape index (κ3) is 3.49. The topological polar surface area (TPSA) is 58.6 Å². The fourth-order valence-corrected chi connectivity index (χ4v) is 3.64. The molecule has 1 amide bonds. The summed E-state index contributed by atoms with van der Waals surface area (Å²) in [6.45, 7) is 3.56. The summed E-state index contributed by atoms with van der Waals surface area (Å²) in [6.07, 6.45) is 0.958. The molecule has 2 heterocycles. The molecule has 126 valence electrons. The first-order valence-corrected chi connectivity index (χ1v) is 8.75. The van der Waals surface area contributed by atoms with E-state index >= 15 is 0 Å². The van der Waals surface area contributed by atoms with Crippen molar-refractivity contribution in [2.75, 3.05) is 19.0 Å². The molecule has 0 aliphatic carbocycles. The second-order valence-corrected chi connectivity index (χ2v) is 6.76. The lowest BCUT2D eigenvalue weighted by atomic mass is 9.99. The van der Waals surface area contributed by atoms with Gasteiger partial charge in [0.15, 0.2) is 0 Å². The number of thiophene rings is 1. The van der Waals surface area contributed by atoms with Gasteiger partial charge in [0.25, 0.3) is 0 Å². The number of fused-ring (bicyclic) bond motifs is 1. The second-order valence-electron chi connectivity index (χ2n) is 5.85. The number of amides is 1. The molecule has 0 saturated carbocycles. The van der Waals surface area contributed by atoms with Gasteiger partial charge >= 0.3 is 5.97 Å². The smallest absolute Gasteiger partial charge is 0.338 e. The number of carbonyl (C=O) groups excluding carboxylic acids is 2. The van der Waals surface area contributed by atoms with Crippen LogP contribution in [0, 0.1) is 0 Å². The zero-order valence-corrected chi connectivity index (χ0v) is 14.6. The summed E-state index contributed by atoms with van der Waals surface area (Å²) in [5, 5.41) is 5.23. The number of rotatable bonds is 4. The van der Waals surface area contributed by atoms with E-state index in [2.05, 4.69) is 33.2 Å². The fraction of sp³-hybridized carbons (Fsp3) is 0.333. The van der Waals surface area contributed by atoms with Crippen LogP contribution in [0.4, 0.5) is 5.00 Å². The number of hydrogen-bond acceptors (Lipinski definition) is 5. The van der Waals surface area contributed by atoms with Crippen LogP contribution in [-0.2, 0) is 22.5 Å². The van der Waals surface area contributed by atoms with E-state index in [0.717, 1.165) is 19.5 Å². The van der Waals surface area contributed by atoms with Crippen LogP contribution in [0.3, 0.4) is 0 Å². The molecule has 0 spiro atoms. The van der Waals surface area contributed by atoms with Crippen molar-refractivity contribution in [2.45, 2.75) is 25.9 Å². The molecule has 6 heteroatoms. The number of anilines is 1. The Balaban J connectivity index is 1.63. The van der Waals surface area contributed by atoms with Crippen LogP contribution in [0.15, 0.2) is 35.7 Å². The van der Waals surface area contributed by atoms with Gasteiger partial charge < -0.3 is 10.1 Å². The first-order chi connectivity index (χ1) is 11.6. The summed E-state index contributed by atoms with van der Waals surface area (Å²) in [5.41, 5.74) is 3.10. The SMILES string of the molecule is COC(=O)c1csc(NC(=O)C(C)N2CCc3ccccc3C2)c1. The molecule has 0 saturated heterocycles. The highest BCUT2D eigenvalue weighted by molar-refractivity contribution is 7.14. The van der Waals surface area contributed by atoms with Crippen molar-refractivity contribution in [1.82, 2.24) is 4.90 Å². The van der Waals surface area contributed by atoms with Crippen molar-refractivity contribution < 1.29 is 14.3 Å². The Morgan fingerprint density at radius 1 is 1.29 bits per heavy atom. The molecule has 5 nitrogen and oxygen atoms in total. The first kappa shape index (κ1) is 16.7. The highest BCUT2D eigenvalue weighted by Crippen LogP contribution is 2.23. The number of ether oxygens (including phenoxy) is 1. The lowest BCUT2D eigenvalue weighted by molar-refractivity contribution is -0.121. The van der Waals surface area contributed by atoms with Crippen LogP contribution >= 0.6 is 11.3 Å². The van der Waals surface area contributed by atoms with Crippen molar-refractivity contribution in [3.8, 4) is 0 Å². The van der Waals surface area contributed by atoms with Gasteiger partial charge in [-0.05, 0) is 30.5 Å². The van der Waals surface area contributed by atoms with Crippen LogP contribution in [0.5, 0.6) is 0 Å². The summed E-state index contributed by atoms with van der Waals surface area (Å²) in [6, 6.07) is 9.77. The molecule has 0 radical (unpaired) electrons. The summed E-state index contributed by atoms with van der Waals surface area (Å²) < 4.78 is 4.68. The number of nitrogens with zero attached hydrogens (tertiary/aromatic N) is 1. The number of hydrogen-bond donors (Lipinski definition) is 1. The van der Waals surface area contributed by atoms with Crippen LogP contribution < -0.4 is 5.32 Å². The van der Waals surface area contributed by atoms with Crippen molar-refractivity contribution in [1.29, 1.82) is 0 Å². The van der Waals surface area contributed by atoms with Crippen molar-refractivity contribution >= 4 is 28.2 Å². The van der Waals surface area contributed by atoms with Crippen molar-refractivity contribution in [3.63, 3.8) is 0 Å². The lowest BCUT2D eigenvalue weighted by Gasteiger charge is -2.32. The summed E-state index contributed by atoms with van der Waals surface area (Å²) in [4.78, 5) is 26.2. The Morgan fingerprint density at radius 2 is 2.04 bits per heavy atom. The van der Waals surface area contributed by atoms with Gasteiger partial charge in [-0.15, -0.1) is 11.3 Å². The molecule has 1 aliphatic heterocycles. The maximum atomic E-state index is 12.5. The Labute approximate surface area is 145 Å². The molecule has 0 fully saturated rings. The maximum Gasteiger partial charge on any atom is 0.338 e. The Morgan fingerprint density at radius 3 is 2.79 bits per heavy atom. The molecule has 1 aliphatic rings. The van der Waals surface area contributed by atoms with Crippen LogP contribution in [0.2, 0.25) is 0 Å². The normalized spacial score (nSPS) is 15.4. The monoisotopic (exact) mass is 344 g/mol. The van der Waals surface area contributed by atoms with E-state index in [1.807, 2.05) is 13.0 Å². The van der Waals surface area contributed by atoms with Gasteiger partial charge in [0.2, 0.25) is 5.91 Å². The van der Waals surface area contributed by atoms with Gasteiger partial charge in [0.1, 0.15) is 0 Å². The van der Waals surface area contributed by atoms with Crippen LogP contribution in [0.1, 0.15) is 28.4 Å². The average molecular weight is 344 g/mol. The largest absolute Gasteiger partial charge is 0.465 e. The van der Waals surface area contributed by atoms with Gasteiger partial charge in [-0.25, -0.2) is 4.79 Å². The second kappa shape index (κ2) is 7.15. The quantitative estimate of drug-likeness (QED) is 0.867. The minimum atomic E-state index is -0.396. The Bertz CT molecular complexity index is 756. The van der Waals surface area contributed by atoms with Crippen molar-refractivity contribution in [3.05, 3.63) is 52.4 Å². The molecule has 2 aromatic rings. The molecule has 1 aromatic carbocycles. The lowest BCUT2D eigenvalue weighted by Crippen LogP contribution is -2.44.